The summed E-state index contributed by atoms with van der Waals surface area (Å²) in [6, 6.07) is 11.7. The van der Waals surface area contributed by atoms with Crippen LogP contribution in [0.3, 0.4) is 0 Å². The van der Waals surface area contributed by atoms with Crippen LogP contribution in [0.1, 0.15) is 24.0 Å². The Morgan fingerprint density at radius 3 is 2.62 bits per heavy atom. The van der Waals surface area contributed by atoms with Crippen molar-refractivity contribution in [3.8, 4) is 0 Å². The number of rotatable bonds is 6. The Hall–Kier alpha value is -3.27. The zero-order chi connectivity index (χ0) is 22.9. The van der Waals surface area contributed by atoms with Crippen molar-refractivity contribution in [2.24, 2.45) is 16.0 Å². The number of primary amides is 1. The third-order valence-electron chi connectivity index (χ3n) is 5.76. The van der Waals surface area contributed by atoms with Crippen LogP contribution in [0.25, 0.3) is 0 Å². The lowest BCUT2D eigenvalue weighted by Crippen LogP contribution is -2.48. The fraction of sp³-hybridized carbons (Fsp3) is 0.318. The van der Waals surface area contributed by atoms with Crippen LogP contribution in [-0.2, 0) is 26.0 Å². The quantitative estimate of drug-likeness (QED) is 0.674. The summed E-state index contributed by atoms with van der Waals surface area (Å²) in [4.78, 5) is 26.7. The lowest BCUT2D eigenvalue weighted by molar-refractivity contribution is -0.125. The molecule has 0 bridgehead atoms. The number of likely N-dealkylation sites (tertiary alicyclic amines) is 1. The van der Waals surface area contributed by atoms with E-state index in [0.29, 0.717) is 24.9 Å². The van der Waals surface area contributed by atoms with E-state index in [1.54, 1.807) is 35.2 Å². The molecule has 0 aliphatic carbocycles. The van der Waals surface area contributed by atoms with E-state index >= 15 is 0 Å². The maximum Gasteiger partial charge on any atom is 0.285 e. The Balaban J connectivity index is 1.46. The van der Waals surface area contributed by atoms with E-state index in [4.69, 9.17) is 5.73 Å². The van der Waals surface area contributed by atoms with Gasteiger partial charge in [-0.1, -0.05) is 24.3 Å². The smallest absolute Gasteiger partial charge is 0.285 e. The number of hydrogen-bond donors (Lipinski definition) is 2. The first kappa shape index (κ1) is 21.9. The van der Waals surface area contributed by atoms with E-state index in [0.717, 1.165) is 5.56 Å². The summed E-state index contributed by atoms with van der Waals surface area (Å²) in [6.07, 6.45) is 1.50. The summed E-state index contributed by atoms with van der Waals surface area (Å²) >= 11 is 0. The van der Waals surface area contributed by atoms with Gasteiger partial charge in [0.2, 0.25) is 11.8 Å². The molecule has 0 aromatic heterocycles. The van der Waals surface area contributed by atoms with Crippen LogP contribution in [-0.4, -0.2) is 50.1 Å². The minimum atomic E-state index is -3.79. The predicted octanol–water partition coefficient (Wildman–Crippen LogP) is 1.20. The minimum absolute atomic E-state index is 0.0250. The summed E-state index contributed by atoms with van der Waals surface area (Å²) in [5.74, 6) is -1.66. The summed E-state index contributed by atoms with van der Waals surface area (Å²) < 4.78 is 41.8. The lowest BCUT2D eigenvalue weighted by Gasteiger charge is -2.26. The average molecular weight is 459 g/mol. The second kappa shape index (κ2) is 8.70. The van der Waals surface area contributed by atoms with Crippen LogP contribution < -0.4 is 11.1 Å². The van der Waals surface area contributed by atoms with E-state index in [1.165, 1.54) is 18.2 Å². The highest BCUT2D eigenvalue weighted by Gasteiger charge is 2.39. The molecule has 2 amide bonds. The first-order valence-corrected chi connectivity index (χ1v) is 11.7. The highest BCUT2D eigenvalue weighted by molar-refractivity contribution is 7.90. The number of amidine groups is 1. The molecule has 2 aromatic rings. The molecule has 168 valence electrons. The molecule has 8 nitrogen and oxygen atoms in total. The van der Waals surface area contributed by atoms with Crippen LogP contribution in [0, 0.1) is 11.7 Å². The van der Waals surface area contributed by atoms with Crippen molar-refractivity contribution in [2.45, 2.75) is 30.2 Å². The first-order valence-electron chi connectivity index (χ1n) is 10.3. The largest absolute Gasteiger partial charge is 0.369 e. The first-order chi connectivity index (χ1) is 15.3. The zero-order valence-corrected chi connectivity index (χ0v) is 18.0. The van der Waals surface area contributed by atoms with Crippen molar-refractivity contribution in [3.05, 3.63) is 65.5 Å². The highest BCUT2D eigenvalue weighted by Crippen LogP contribution is 2.31. The highest BCUT2D eigenvalue weighted by atomic mass is 32.2. The van der Waals surface area contributed by atoms with Gasteiger partial charge in [0.1, 0.15) is 16.8 Å². The predicted molar refractivity (Wildman–Crippen MR) is 116 cm³/mol. The van der Waals surface area contributed by atoms with Crippen molar-refractivity contribution in [3.63, 3.8) is 0 Å². The molecule has 0 spiro atoms. The van der Waals surface area contributed by atoms with E-state index in [2.05, 4.69) is 9.71 Å². The molecule has 1 fully saturated rings. The molecule has 2 aliphatic rings. The van der Waals surface area contributed by atoms with Gasteiger partial charge in [0, 0.05) is 18.7 Å². The SMILES string of the molecule is NC(=O)C(CNC(=O)[C@@H]1CCCN1C1=NS(=O)(=O)c2ccccc21)Cc1ccc(F)cc1. The number of fused-ring (bicyclic) bond motifs is 1. The van der Waals surface area contributed by atoms with Gasteiger partial charge >= 0.3 is 0 Å². The maximum atomic E-state index is 13.1. The van der Waals surface area contributed by atoms with Crippen molar-refractivity contribution >= 4 is 27.7 Å². The van der Waals surface area contributed by atoms with Gasteiger partial charge in [0.15, 0.2) is 5.84 Å². The van der Waals surface area contributed by atoms with Gasteiger partial charge in [-0.3, -0.25) is 9.59 Å². The van der Waals surface area contributed by atoms with Gasteiger partial charge in [-0.2, -0.15) is 8.42 Å². The number of amides is 2. The fourth-order valence-electron chi connectivity index (χ4n) is 4.11. The normalized spacial score (nSPS) is 19.8. The number of carbonyl (C=O) groups is 2. The third-order valence-corrected chi connectivity index (χ3v) is 7.09. The summed E-state index contributed by atoms with van der Waals surface area (Å²) in [6.45, 7) is 0.521. The van der Waals surface area contributed by atoms with Crippen LogP contribution in [0.15, 0.2) is 57.8 Å². The molecule has 0 saturated carbocycles. The van der Waals surface area contributed by atoms with Gasteiger partial charge in [0.05, 0.1) is 5.92 Å². The summed E-state index contributed by atoms with van der Waals surface area (Å²) in [5.41, 5.74) is 6.72. The Bertz CT molecular complexity index is 1180. The Labute approximate surface area is 185 Å². The molecular formula is C22H23FN4O4S. The van der Waals surface area contributed by atoms with Crippen LogP contribution in [0.5, 0.6) is 0 Å². The maximum absolute atomic E-state index is 13.1. The molecule has 2 heterocycles. The third kappa shape index (κ3) is 4.36. The monoisotopic (exact) mass is 458 g/mol. The van der Waals surface area contributed by atoms with Gasteiger partial charge in [-0.05, 0) is 49.1 Å². The standard InChI is InChI=1S/C22H23FN4O4S/c23-16-9-7-14(8-10-16)12-15(20(24)28)13-25-22(29)18-5-3-11-27(18)21-17-4-1-2-6-19(17)32(30,31)26-21/h1-2,4,6-10,15,18H,3,5,11-13H2,(H2,24,28)(H,25,29)/t15?,18-/m0/s1. The zero-order valence-electron chi connectivity index (χ0n) is 17.2. The van der Waals surface area contributed by atoms with Gasteiger partial charge in [0.25, 0.3) is 10.0 Å². The topological polar surface area (TPSA) is 122 Å². The summed E-state index contributed by atoms with van der Waals surface area (Å²) in [5, 5.41) is 2.78. The molecule has 1 unspecified atom stereocenters. The van der Waals surface area contributed by atoms with Gasteiger partial charge in [-0.25, -0.2) is 4.39 Å². The number of halogens is 1. The number of sulfonamides is 1. The van der Waals surface area contributed by atoms with Gasteiger partial charge < -0.3 is 16.0 Å². The molecule has 2 aliphatic heterocycles. The molecule has 2 aromatic carbocycles. The van der Waals surface area contributed by atoms with Crippen LogP contribution in [0.2, 0.25) is 0 Å². The number of benzene rings is 2. The van der Waals surface area contributed by atoms with Crippen molar-refractivity contribution in [1.82, 2.24) is 10.2 Å². The van der Waals surface area contributed by atoms with Crippen molar-refractivity contribution in [2.75, 3.05) is 13.1 Å². The second-order valence-corrected chi connectivity index (χ2v) is 9.49. The van der Waals surface area contributed by atoms with Crippen molar-refractivity contribution < 1.29 is 22.4 Å². The van der Waals surface area contributed by atoms with Crippen LogP contribution in [0.4, 0.5) is 4.39 Å². The second-order valence-electron chi connectivity index (χ2n) is 7.91. The molecule has 32 heavy (non-hydrogen) atoms. The fourth-order valence-corrected chi connectivity index (χ4v) is 5.33. The molecule has 10 heteroatoms. The van der Waals surface area contributed by atoms with Crippen molar-refractivity contribution in [1.29, 1.82) is 0 Å². The van der Waals surface area contributed by atoms with E-state index in [-0.39, 0.29) is 35.4 Å². The Kier molecular flexibility index (Phi) is 5.96. The molecule has 0 radical (unpaired) electrons. The molecular weight excluding hydrogens is 435 g/mol. The molecule has 4 rings (SSSR count). The van der Waals surface area contributed by atoms with E-state index in [1.807, 2.05) is 0 Å². The number of nitrogens with zero attached hydrogens (tertiary/aromatic N) is 2. The Morgan fingerprint density at radius 2 is 1.91 bits per heavy atom. The van der Waals surface area contributed by atoms with Gasteiger partial charge in [-0.15, -0.1) is 4.40 Å². The number of nitrogens with one attached hydrogen (secondary N) is 1. The van der Waals surface area contributed by atoms with Crippen LogP contribution >= 0.6 is 0 Å². The molecule has 3 N–H and O–H groups in total. The summed E-state index contributed by atoms with van der Waals surface area (Å²) in [7, 11) is -3.79. The number of hydrogen-bond acceptors (Lipinski definition) is 5. The van der Waals surface area contributed by atoms with E-state index in [9.17, 15) is 22.4 Å². The number of nitrogens with two attached hydrogens (primary N) is 1. The molecule has 2 atom stereocenters. The Morgan fingerprint density at radius 1 is 1.19 bits per heavy atom. The molecule has 1 saturated heterocycles. The lowest BCUT2D eigenvalue weighted by atomic mass is 9.98. The minimum Gasteiger partial charge on any atom is -0.369 e. The van der Waals surface area contributed by atoms with E-state index < -0.39 is 27.9 Å². The average Bonchev–Trinajstić information content (AvgIpc) is 3.35. The number of carbonyl (C=O) groups excluding carboxylic acids is 2.